The van der Waals surface area contributed by atoms with Crippen LogP contribution in [0.25, 0.3) is 21.3 Å². The number of anilines is 2. The van der Waals surface area contributed by atoms with Gasteiger partial charge in [-0.3, -0.25) is 4.98 Å². The van der Waals surface area contributed by atoms with Crippen LogP contribution >= 0.6 is 11.3 Å². The van der Waals surface area contributed by atoms with Crippen molar-refractivity contribution in [2.75, 3.05) is 23.8 Å². The van der Waals surface area contributed by atoms with Gasteiger partial charge in [0.15, 0.2) is 0 Å². The molecule has 0 unspecified atom stereocenters. The summed E-state index contributed by atoms with van der Waals surface area (Å²) in [4.78, 5) is 14.7. The number of nitrogens with zero attached hydrogens (tertiary/aromatic N) is 3. The first-order chi connectivity index (χ1) is 13.7. The molecule has 6 nitrogen and oxygen atoms in total. The Kier molecular flexibility index (Phi) is 5.45. The van der Waals surface area contributed by atoms with Gasteiger partial charge in [-0.2, -0.15) is 4.98 Å². The molecule has 28 heavy (non-hydrogen) atoms. The van der Waals surface area contributed by atoms with Crippen LogP contribution in [0.2, 0.25) is 0 Å². The van der Waals surface area contributed by atoms with Gasteiger partial charge in [0.25, 0.3) is 0 Å². The normalized spacial score (nSPS) is 10.9. The maximum atomic E-state index is 9.10. The number of thiophene rings is 1. The van der Waals surface area contributed by atoms with Crippen molar-refractivity contribution in [1.82, 2.24) is 15.0 Å². The minimum Gasteiger partial charge on any atom is -0.395 e. The molecular weight excluding hydrogens is 370 g/mol. The van der Waals surface area contributed by atoms with Gasteiger partial charge < -0.3 is 15.7 Å². The summed E-state index contributed by atoms with van der Waals surface area (Å²) in [6.07, 6.45) is 0. The molecular formula is C21H21N5OS. The molecule has 0 radical (unpaired) electrons. The van der Waals surface area contributed by atoms with E-state index in [0.29, 0.717) is 19.0 Å². The molecule has 4 aromatic rings. The summed E-state index contributed by atoms with van der Waals surface area (Å²) in [7, 11) is 0. The maximum Gasteiger partial charge on any atom is 0.226 e. The average molecular weight is 392 g/mol. The van der Waals surface area contributed by atoms with Crippen molar-refractivity contribution in [2.24, 2.45) is 0 Å². The van der Waals surface area contributed by atoms with Crippen molar-refractivity contribution in [3.8, 4) is 11.1 Å². The molecule has 0 fully saturated rings. The van der Waals surface area contributed by atoms with Gasteiger partial charge in [0.1, 0.15) is 10.6 Å². The molecule has 3 N–H and O–H groups in total. The largest absolute Gasteiger partial charge is 0.395 e. The summed E-state index contributed by atoms with van der Waals surface area (Å²) < 4.78 is 0. The molecule has 0 bridgehead atoms. The molecule has 0 aliphatic carbocycles. The molecule has 7 heteroatoms. The third-order valence-corrected chi connectivity index (χ3v) is 5.17. The van der Waals surface area contributed by atoms with E-state index < -0.39 is 0 Å². The van der Waals surface area contributed by atoms with Crippen molar-refractivity contribution in [2.45, 2.75) is 13.5 Å². The fourth-order valence-electron chi connectivity index (χ4n) is 3.02. The highest BCUT2D eigenvalue weighted by Crippen LogP contribution is 2.37. The lowest BCUT2D eigenvalue weighted by Crippen LogP contribution is -2.11. The molecule has 142 valence electrons. The topological polar surface area (TPSA) is 83.0 Å². The summed E-state index contributed by atoms with van der Waals surface area (Å²) in [5.74, 6) is 1.26. The third-order valence-electron chi connectivity index (χ3n) is 4.30. The van der Waals surface area contributed by atoms with Gasteiger partial charge in [-0.25, -0.2) is 4.98 Å². The molecule has 0 aliphatic rings. The fourth-order valence-corrected chi connectivity index (χ4v) is 3.97. The molecule has 0 atom stereocenters. The van der Waals surface area contributed by atoms with Crippen LogP contribution in [-0.4, -0.2) is 33.2 Å². The average Bonchev–Trinajstić information content (AvgIpc) is 3.15. The third kappa shape index (κ3) is 3.95. The van der Waals surface area contributed by atoms with Crippen LogP contribution in [0.5, 0.6) is 0 Å². The maximum absolute atomic E-state index is 9.10. The Morgan fingerprint density at radius 3 is 2.61 bits per heavy atom. The fraction of sp³-hybridized carbons (Fsp3) is 0.190. The van der Waals surface area contributed by atoms with Gasteiger partial charge in [-0.05, 0) is 24.6 Å². The predicted octanol–water partition coefficient (Wildman–Crippen LogP) is 4.08. The van der Waals surface area contributed by atoms with Crippen LogP contribution in [0.4, 0.5) is 11.8 Å². The molecule has 3 heterocycles. The molecule has 0 saturated carbocycles. The monoisotopic (exact) mass is 391 g/mol. The number of nitrogens with one attached hydrogen (secondary N) is 2. The quantitative estimate of drug-likeness (QED) is 0.440. The first-order valence-electron chi connectivity index (χ1n) is 9.10. The van der Waals surface area contributed by atoms with E-state index in [2.05, 4.69) is 43.1 Å². The van der Waals surface area contributed by atoms with Crippen LogP contribution in [-0.2, 0) is 6.54 Å². The van der Waals surface area contributed by atoms with Crippen LogP contribution in [0.15, 0.2) is 53.9 Å². The Morgan fingerprint density at radius 1 is 0.964 bits per heavy atom. The van der Waals surface area contributed by atoms with Crippen molar-refractivity contribution in [1.29, 1.82) is 0 Å². The van der Waals surface area contributed by atoms with Crippen molar-refractivity contribution < 1.29 is 5.11 Å². The summed E-state index contributed by atoms with van der Waals surface area (Å²) >= 11 is 1.59. The SMILES string of the molecule is Cc1cccc(CNc2nc(NCCO)nc3scc(-c4ccccc4)c23)n1. The van der Waals surface area contributed by atoms with E-state index in [1.54, 1.807) is 11.3 Å². The van der Waals surface area contributed by atoms with Crippen LogP contribution in [0.3, 0.4) is 0 Å². The molecule has 4 rings (SSSR count). The van der Waals surface area contributed by atoms with Gasteiger partial charge in [0.2, 0.25) is 5.95 Å². The van der Waals surface area contributed by atoms with Crippen molar-refractivity contribution in [3.05, 3.63) is 65.3 Å². The van der Waals surface area contributed by atoms with E-state index in [1.807, 2.05) is 43.3 Å². The summed E-state index contributed by atoms with van der Waals surface area (Å²) in [6, 6.07) is 16.2. The highest BCUT2D eigenvalue weighted by Gasteiger charge is 2.15. The smallest absolute Gasteiger partial charge is 0.226 e. The van der Waals surface area contributed by atoms with E-state index in [9.17, 15) is 0 Å². The zero-order valence-corrected chi connectivity index (χ0v) is 16.3. The zero-order chi connectivity index (χ0) is 19.3. The molecule has 0 aliphatic heterocycles. The Morgan fingerprint density at radius 2 is 1.82 bits per heavy atom. The first-order valence-corrected chi connectivity index (χ1v) is 9.98. The first kappa shape index (κ1) is 18.3. The van der Waals surface area contributed by atoms with E-state index in [0.717, 1.165) is 38.5 Å². The minimum absolute atomic E-state index is 0.0249. The second-order valence-corrected chi connectivity index (χ2v) is 7.22. The van der Waals surface area contributed by atoms with Gasteiger partial charge in [-0.15, -0.1) is 11.3 Å². The number of hydrogen-bond donors (Lipinski definition) is 3. The van der Waals surface area contributed by atoms with Crippen molar-refractivity contribution in [3.63, 3.8) is 0 Å². The highest BCUT2D eigenvalue weighted by atomic mass is 32.1. The number of aliphatic hydroxyl groups excluding tert-OH is 1. The molecule has 1 aromatic carbocycles. The molecule has 0 spiro atoms. The summed E-state index contributed by atoms with van der Waals surface area (Å²) in [5.41, 5.74) is 4.17. The van der Waals surface area contributed by atoms with E-state index in [-0.39, 0.29) is 6.61 Å². The number of hydrogen-bond acceptors (Lipinski definition) is 7. The van der Waals surface area contributed by atoms with Gasteiger partial charge in [-0.1, -0.05) is 36.4 Å². The Hall–Kier alpha value is -3.03. The number of aryl methyl sites for hydroxylation is 1. The lowest BCUT2D eigenvalue weighted by atomic mass is 10.1. The van der Waals surface area contributed by atoms with E-state index in [1.165, 1.54) is 0 Å². The highest BCUT2D eigenvalue weighted by molar-refractivity contribution is 7.17. The standard InChI is InChI=1S/C21H21N5OS/c1-14-6-5-9-16(24-14)12-23-19-18-17(15-7-3-2-4-8-15)13-28-20(18)26-21(25-19)22-10-11-27/h2-9,13,27H,10-12H2,1H3,(H2,22,23,25,26). The number of benzene rings is 1. The Balaban J connectivity index is 1.75. The molecule has 3 aromatic heterocycles. The summed E-state index contributed by atoms with van der Waals surface area (Å²) in [6.45, 7) is 2.98. The lowest BCUT2D eigenvalue weighted by Gasteiger charge is -2.11. The number of aliphatic hydroxyl groups is 1. The lowest BCUT2D eigenvalue weighted by molar-refractivity contribution is 0.311. The second kappa shape index (κ2) is 8.33. The Bertz CT molecular complexity index is 1080. The number of fused-ring (bicyclic) bond motifs is 1. The van der Waals surface area contributed by atoms with Gasteiger partial charge in [0.05, 0.1) is 24.2 Å². The van der Waals surface area contributed by atoms with Crippen LogP contribution in [0.1, 0.15) is 11.4 Å². The van der Waals surface area contributed by atoms with Crippen molar-refractivity contribution >= 4 is 33.3 Å². The number of rotatable bonds is 7. The van der Waals surface area contributed by atoms with E-state index >= 15 is 0 Å². The number of pyridine rings is 1. The molecule has 0 amide bonds. The van der Waals surface area contributed by atoms with Crippen LogP contribution < -0.4 is 10.6 Å². The molecule has 0 saturated heterocycles. The van der Waals surface area contributed by atoms with Gasteiger partial charge in [0, 0.05) is 23.2 Å². The van der Waals surface area contributed by atoms with Gasteiger partial charge >= 0.3 is 0 Å². The second-order valence-electron chi connectivity index (χ2n) is 6.37. The summed E-state index contributed by atoms with van der Waals surface area (Å²) in [5, 5.41) is 18.7. The zero-order valence-electron chi connectivity index (χ0n) is 15.5. The van der Waals surface area contributed by atoms with Crippen LogP contribution in [0, 0.1) is 6.92 Å². The minimum atomic E-state index is 0.0249. The van der Waals surface area contributed by atoms with E-state index in [4.69, 9.17) is 5.11 Å². The predicted molar refractivity (Wildman–Crippen MR) is 115 cm³/mol. The number of aromatic nitrogens is 3. The Labute approximate surface area is 167 Å².